The summed E-state index contributed by atoms with van der Waals surface area (Å²) in [7, 11) is 0. The minimum Gasteiger partial charge on any atom is -0.405 e. The molecular weight excluding hydrogens is 633 g/mol. The highest BCUT2D eigenvalue weighted by Crippen LogP contribution is 2.44. The fourth-order valence-electron chi connectivity index (χ4n) is 6.06. The molecule has 0 spiro atoms. The standard InChI is InChI=1S/C41H33N5S.C2H3N/c1-2-27(20-23-43)36(45)16-7-5-13-30-29-12-3-4-15-32(29)41(38-18-9-17-37(46-38)28(21-24-44)11-10-22-42)35-25-34-31-14-6-8-19-39(31)47-40(34)26-33(30)35;1-2-3/h2-9,11-12,14-21,23-26,43H,1,10,13,44-45H2;1H3/b7-5-,24-21-,27-20+,28-11+,36-16-,43-23?;. The van der Waals surface area contributed by atoms with Crippen molar-refractivity contribution in [1.82, 2.24) is 4.98 Å². The van der Waals surface area contributed by atoms with E-state index in [1.165, 1.54) is 50.5 Å². The first-order valence-corrected chi connectivity index (χ1v) is 16.8. The molecule has 0 atom stereocenters. The van der Waals surface area contributed by atoms with Gasteiger partial charge < -0.3 is 16.9 Å². The van der Waals surface area contributed by atoms with Gasteiger partial charge in [0.05, 0.1) is 29.9 Å². The number of pyridine rings is 1. The Balaban J connectivity index is 0.00000156. The molecule has 0 saturated carbocycles. The van der Waals surface area contributed by atoms with Crippen LogP contribution in [0.3, 0.4) is 0 Å². The number of rotatable bonds is 10. The Kier molecular flexibility index (Phi) is 11.5. The van der Waals surface area contributed by atoms with Gasteiger partial charge in [0.2, 0.25) is 0 Å². The molecule has 0 radical (unpaired) electrons. The second-order valence-corrected chi connectivity index (χ2v) is 12.2. The van der Waals surface area contributed by atoms with Gasteiger partial charge in [0.15, 0.2) is 0 Å². The Morgan fingerprint density at radius 3 is 2.36 bits per heavy atom. The van der Waals surface area contributed by atoms with Gasteiger partial charge in [0.1, 0.15) is 0 Å². The Labute approximate surface area is 296 Å². The van der Waals surface area contributed by atoms with E-state index in [1.54, 1.807) is 24.3 Å². The maximum absolute atomic E-state index is 9.23. The van der Waals surface area contributed by atoms with E-state index in [0.717, 1.165) is 38.7 Å². The average Bonchev–Trinajstić information content (AvgIpc) is 3.50. The number of nitrogens with two attached hydrogens (primary N) is 2. The lowest BCUT2D eigenvalue weighted by atomic mass is 9.88. The van der Waals surface area contributed by atoms with Crippen LogP contribution in [0.1, 0.15) is 24.6 Å². The molecule has 244 valence electrons. The highest BCUT2D eigenvalue weighted by Gasteiger charge is 2.18. The minimum atomic E-state index is 0.261. The molecule has 0 aliphatic heterocycles. The van der Waals surface area contributed by atoms with Crippen molar-refractivity contribution in [3.8, 4) is 23.4 Å². The molecule has 7 heteroatoms. The van der Waals surface area contributed by atoms with Crippen molar-refractivity contribution in [3.63, 3.8) is 0 Å². The molecule has 0 amide bonds. The topological polar surface area (TPSA) is 136 Å². The third-order valence-electron chi connectivity index (χ3n) is 8.17. The van der Waals surface area contributed by atoms with E-state index in [1.807, 2.05) is 41.7 Å². The maximum atomic E-state index is 9.23. The fourth-order valence-corrected chi connectivity index (χ4v) is 7.18. The minimum absolute atomic E-state index is 0.261. The number of thiophene rings is 1. The van der Waals surface area contributed by atoms with Crippen LogP contribution in [0.25, 0.3) is 58.5 Å². The van der Waals surface area contributed by atoms with Gasteiger partial charge in [-0.1, -0.05) is 79.4 Å². The molecule has 5 N–H and O–H groups in total. The molecular formula is C43H36N6S. The zero-order valence-electron chi connectivity index (χ0n) is 27.7. The van der Waals surface area contributed by atoms with Gasteiger partial charge in [-0.3, -0.25) is 0 Å². The molecule has 6 rings (SSSR count). The fraction of sp³-hybridized carbons (Fsp3) is 0.0698. The largest absolute Gasteiger partial charge is 0.405 e. The predicted molar refractivity (Wildman–Crippen MR) is 213 cm³/mol. The zero-order chi connectivity index (χ0) is 35.5. The summed E-state index contributed by atoms with van der Waals surface area (Å²) in [5, 5.41) is 31.0. The van der Waals surface area contributed by atoms with Crippen LogP contribution in [0.4, 0.5) is 0 Å². The third kappa shape index (κ3) is 7.29. The van der Waals surface area contributed by atoms with Crippen molar-refractivity contribution in [3.05, 3.63) is 157 Å². The van der Waals surface area contributed by atoms with E-state index in [9.17, 15) is 5.26 Å². The van der Waals surface area contributed by atoms with E-state index in [-0.39, 0.29) is 6.42 Å². The molecule has 0 unspecified atom stereocenters. The van der Waals surface area contributed by atoms with Crippen LogP contribution in [0.2, 0.25) is 0 Å². The van der Waals surface area contributed by atoms with E-state index >= 15 is 0 Å². The summed E-state index contributed by atoms with van der Waals surface area (Å²) in [5.41, 5.74) is 18.0. The Hall–Kier alpha value is -6.54. The summed E-state index contributed by atoms with van der Waals surface area (Å²) < 4.78 is 2.49. The third-order valence-corrected chi connectivity index (χ3v) is 9.31. The molecule has 0 aliphatic rings. The predicted octanol–water partition coefficient (Wildman–Crippen LogP) is 10.4. The molecule has 4 aromatic carbocycles. The maximum Gasteiger partial charge on any atom is 0.0722 e. The highest BCUT2D eigenvalue weighted by atomic mass is 32.1. The molecule has 2 heterocycles. The summed E-state index contributed by atoms with van der Waals surface area (Å²) >= 11 is 1.81. The van der Waals surface area contributed by atoms with Gasteiger partial charge in [-0.15, -0.1) is 11.3 Å². The number of nitrogens with one attached hydrogen (secondary N) is 1. The van der Waals surface area contributed by atoms with E-state index in [2.05, 4.69) is 85.5 Å². The van der Waals surface area contributed by atoms with Crippen LogP contribution in [0.5, 0.6) is 0 Å². The first-order chi connectivity index (χ1) is 24.5. The molecule has 0 fully saturated rings. The molecule has 2 aromatic heterocycles. The lowest BCUT2D eigenvalue weighted by molar-refractivity contribution is 1.27. The van der Waals surface area contributed by atoms with Crippen molar-refractivity contribution in [2.45, 2.75) is 19.8 Å². The van der Waals surface area contributed by atoms with Crippen molar-refractivity contribution in [2.75, 3.05) is 0 Å². The number of nitriles is 2. The molecule has 50 heavy (non-hydrogen) atoms. The first-order valence-electron chi connectivity index (χ1n) is 16.0. The summed E-state index contributed by atoms with van der Waals surface area (Å²) in [6.07, 6.45) is 16.5. The summed E-state index contributed by atoms with van der Waals surface area (Å²) in [6.45, 7) is 5.24. The highest BCUT2D eigenvalue weighted by molar-refractivity contribution is 7.25. The Bertz CT molecular complexity index is 2480. The van der Waals surface area contributed by atoms with Gasteiger partial charge >= 0.3 is 0 Å². The number of hydrogen-bond donors (Lipinski definition) is 3. The summed E-state index contributed by atoms with van der Waals surface area (Å²) in [4.78, 5) is 5.16. The van der Waals surface area contributed by atoms with Crippen LogP contribution in [-0.2, 0) is 6.42 Å². The lowest BCUT2D eigenvalue weighted by Crippen LogP contribution is -1.99. The number of fused-ring (bicyclic) bond motifs is 5. The number of allylic oxidation sites excluding steroid dienone is 8. The van der Waals surface area contributed by atoms with E-state index < -0.39 is 0 Å². The quantitative estimate of drug-likeness (QED) is 0.0758. The number of hydrogen-bond acceptors (Lipinski definition) is 7. The van der Waals surface area contributed by atoms with Gasteiger partial charge in [-0.25, -0.2) is 4.98 Å². The monoisotopic (exact) mass is 668 g/mol. The van der Waals surface area contributed by atoms with Crippen molar-refractivity contribution in [2.24, 2.45) is 11.5 Å². The van der Waals surface area contributed by atoms with Gasteiger partial charge in [0, 0.05) is 44.6 Å². The molecule has 6 aromatic rings. The van der Waals surface area contributed by atoms with Crippen molar-refractivity contribution >= 4 is 64.8 Å². The molecule has 0 aliphatic carbocycles. The molecule has 0 bridgehead atoms. The Morgan fingerprint density at radius 1 is 0.900 bits per heavy atom. The summed E-state index contributed by atoms with van der Waals surface area (Å²) in [6, 6.07) is 31.7. The second kappa shape index (κ2) is 16.5. The summed E-state index contributed by atoms with van der Waals surface area (Å²) in [5.74, 6) is 0. The van der Waals surface area contributed by atoms with Crippen LogP contribution in [0.15, 0.2) is 145 Å². The van der Waals surface area contributed by atoms with E-state index in [0.29, 0.717) is 17.7 Å². The van der Waals surface area contributed by atoms with Crippen LogP contribution in [0, 0.1) is 28.1 Å². The first kappa shape index (κ1) is 34.8. The van der Waals surface area contributed by atoms with Gasteiger partial charge in [-0.05, 0) is 99.4 Å². The van der Waals surface area contributed by atoms with Gasteiger partial charge in [-0.2, -0.15) is 10.5 Å². The number of nitrogens with zero attached hydrogens (tertiary/aromatic N) is 3. The SMILES string of the molecule is C=CC(=C\C=N)/C(N)=C/C=C\Cc1c2ccccc2c(-c2cccc(C(/C=C\N)=C/CC#N)n2)c2cc3c(cc12)sc1ccccc13.CC#N. The molecule has 6 nitrogen and oxygen atoms in total. The molecule has 0 saturated heterocycles. The van der Waals surface area contributed by atoms with E-state index in [4.69, 9.17) is 27.1 Å². The normalized spacial score (nSPS) is 12.3. The number of benzene rings is 4. The van der Waals surface area contributed by atoms with Crippen molar-refractivity contribution in [1.29, 1.82) is 15.9 Å². The van der Waals surface area contributed by atoms with Crippen LogP contribution < -0.4 is 11.5 Å². The second-order valence-electron chi connectivity index (χ2n) is 11.2. The Morgan fingerprint density at radius 2 is 1.64 bits per heavy atom. The smallest absolute Gasteiger partial charge is 0.0722 e. The number of aromatic nitrogens is 1. The van der Waals surface area contributed by atoms with Gasteiger partial charge in [0.25, 0.3) is 0 Å². The van der Waals surface area contributed by atoms with Crippen LogP contribution >= 0.6 is 11.3 Å². The average molecular weight is 669 g/mol. The van der Waals surface area contributed by atoms with Crippen molar-refractivity contribution < 1.29 is 0 Å². The van der Waals surface area contributed by atoms with Crippen LogP contribution in [-0.4, -0.2) is 11.2 Å². The zero-order valence-corrected chi connectivity index (χ0v) is 28.5. The lowest BCUT2D eigenvalue weighted by Gasteiger charge is -2.17.